The largest absolute Gasteiger partial charge is 0.348 e. The molecule has 0 aliphatic carbocycles. The highest BCUT2D eigenvalue weighted by molar-refractivity contribution is 5.99. The summed E-state index contributed by atoms with van der Waals surface area (Å²) in [6, 6.07) is 19.8. The summed E-state index contributed by atoms with van der Waals surface area (Å²) < 4.78 is 0. The van der Waals surface area contributed by atoms with E-state index >= 15 is 0 Å². The highest BCUT2D eigenvalue weighted by atomic mass is 16.1. The first kappa shape index (κ1) is 19.5. The van der Waals surface area contributed by atoms with Crippen molar-refractivity contribution in [3.63, 3.8) is 0 Å². The number of nitrogens with one attached hydrogen (secondary N) is 1. The Bertz CT molecular complexity index is 1150. The summed E-state index contributed by atoms with van der Waals surface area (Å²) in [6.45, 7) is 4.51. The molecule has 148 valence electrons. The third kappa shape index (κ3) is 4.41. The normalized spacial score (nSPS) is 10.6. The maximum Gasteiger partial charge on any atom is 0.255 e. The Hall–Kier alpha value is -3.86. The monoisotopic (exact) mass is 394 g/mol. The minimum absolute atomic E-state index is 0.210. The molecule has 2 heterocycles. The van der Waals surface area contributed by atoms with Gasteiger partial charge < -0.3 is 5.32 Å². The van der Waals surface area contributed by atoms with Crippen LogP contribution in [-0.4, -0.2) is 20.9 Å². The van der Waals surface area contributed by atoms with Crippen LogP contribution < -0.4 is 5.32 Å². The minimum Gasteiger partial charge on any atom is -0.348 e. The smallest absolute Gasteiger partial charge is 0.255 e. The summed E-state index contributed by atoms with van der Waals surface area (Å²) in [4.78, 5) is 26.2. The van der Waals surface area contributed by atoms with Gasteiger partial charge in [0.1, 0.15) is 0 Å². The standard InChI is InChI=1S/C25H22N4O/c1-17-3-7-19(8-4-17)15-28-25(30)22-16-27-24(21-9-5-18(2)6-10-21)29-23(22)20-11-13-26-14-12-20/h3-14,16H,15H2,1-2H3,(H,28,30). The van der Waals surface area contributed by atoms with Gasteiger partial charge in [0.15, 0.2) is 5.82 Å². The molecule has 4 aromatic rings. The topological polar surface area (TPSA) is 67.8 Å². The molecule has 0 atom stereocenters. The van der Waals surface area contributed by atoms with E-state index in [1.54, 1.807) is 18.6 Å². The van der Waals surface area contributed by atoms with Crippen LogP contribution in [0.2, 0.25) is 0 Å². The predicted octanol–water partition coefficient (Wildman–Crippen LogP) is 4.75. The van der Waals surface area contributed by atoms with Crippen LogP contribution in [0.5, 0.6) is 0 Å². The highest BCUT2D eigenvalue weighted by Gasteiger charge is 2.17. The van der Waals surface area contributed by atoms with Crippen LogP contribution in [0.15, 0.2) is 79.3 Å². The average molecular weight is 394 g/mol. The quantitative estimate of drug-likeness (QED) is 0.530. The summed E-state index contributed by atoms with van der Waals surface area (Å²) in [5.74, 6) is 0.370. The third-order valence-corrected chi connectivity index (χ3v) is 4.87. The molecule has 0 bridgehead atoms. The van der Waals surface area contributed by atoms with Crippen LogP contribution in [0.1, 0.15) is 27.0 Å². The fraction of sp³-hybridized carbons (Fsp3) is 0.120. The molecular formula is C25H22N4O. The molecule has 5 nitrogen and oxygen atoms in total. The lowest BCUT2D eigenvalue weighted by Gasteiger charge is -2.11. The lowest BCUT2D eigenvalue weighted by Crippen LogP contribution is -2.24. The first-order chi connectivity index (χ1) is 14.6. The van der Waals surface area contributed by atoms with Gasteiger partial charge in [0.05, 0.1) is 11.3 Å². The fourth-order valence-corrected chi connectivity index (χ4v) is 3.10. The van der Waals surface area contributed by atoms with Gasteiger partial charge in [-0.2, -0.15) is 0 Å². The first-order valence-electron chi connectivity index (χ1n) is 9.78. The van der Waals surface area contributed by atoms with Crippen LogP contribution in [0.25, 0.3) is 22.6 Å². The number of aromatic nitrogens is 3. The van der Waals surface area contributed by atoms with Crippen molar-refractivity contribution in [3.05, 3.63) is 102 Å². The SMILES string of the molecule is Cc1ccc(CNC(=O)c2cnc(-c3ccc(C)cc3)nc2-c2ccncc2)cc1. The molecule has 30 heavy (non-hydrogen) atoms. The van der Waals surface area contributed by atoms with Gasteiger partial charge in [0.25, 0.3) is 5.91 Å². The molecule has 4 rings (SSSR count). The third-order valence-electron chi connectivity index (χ3n) is 4.87. The van der Waals surface area contributed by atoms with E-state index in [0.717, 1.165) is 16.7 Å². The maximum absolute atomic E-state index is 13.0. The number of amides is 1. The van der Waals surface area contributed by atoms with Crippen LogP contribution in [0, 0.1) is 13.8 Å². The van der Waals surface area contributed by atoms with E-state index in [9.17, 15) is 4.79 Å². The van der Waals surface area contributed by atoms with Crippen LogP contribution in [0.3, 0.4) is 0 Å². The van der Waals surface area contributed by atoms with Crippen LogP contribution in [0.4, 0.5) is 0 Å². The van der Waals surface area contributed by atoms with E-state index in [-0.39, 0.29) is 5.91 Å². The van der Waals surface area contributed by atoms with Crippen molar-refractivity contribution in [3.8, 4) is 22.6 Å². The van der Waals surface area contributed by atoms with Gasteiger partial charge in [-0.1, -0.05) is 59.7 Å². The molecule has 5 heteroatoms. The second-order valence-electron chi connectivity index (χ2n) is 7.23. The average Bonchev–Trinajstić information content (AvgIpc) is 2.79. The van der Waals surface area contributed by atoms with Gasteiger partial charge in [-0.25, -0.2) is 9.97 Å². The molecule has 1 amide bonds. The molecule has 0 aliphatic heterocycles. The minimum atomic E-state index is -0.210. The van der Waals surface area contributed by atoms with E-state index in [2.05, 4.69) is 15.3 Å². The van der Waals surface area contributed by atoms with E-state index in [1.807, 2.05) is 74.5 Å². The van der Waals surface area contributed by atoms with Gasteiger partial charge in [0.2, 0.25) is 0 Å². The zero-order valence-electron chi connectivity index (χ0n) is 17.0. The number of rotatable bonds is 5. The zero-order valence-corrected chi connectivity index (χ0v) is 17.0. The molecule has 0 fully saturated rings. The summed E-state index contributed by atoms with van der Waals surface area (Å²) in [5.41, 5.74) is 6.14. The van der Waals surface area contributed by atoms with Gasteiger partial charge in [0, 0.05) is 36.3 Å². The number of hydrogen-bond donors (Lipinski definition) is 1. The van der Waals surface area contributed by atoms with Crippen molar-refractivity contribution >= 4 is 5.91 Å². The number of hydrogen-bond acceptors (Lipinski definition) is 4. The van der Waals surface area contributed by atoms with Gasteiger partial charge in [-0.15, -0.1) is 0 Å². The summed E-state index contributed by atoms with van der Waals surface area (Å²) in [7, 11) is 0. The Morgan fingerprint density at radius 2 is 1.47 bits per heavy atom. The van der Waals surface area contributed by atoms with Gasteiger partial charge in [-0.05, 0) is 31.5 Å². The summed E-state index contributed by atoms with van der Waals surface area (Å²) in [6.07, 6.45) is 4.98. The van der Waals surface area contributed by atoms with E-state index < -0.39 is 0 Å². The summed E-state index contributed by atoms with van der Waals surface area (Å²) >= 11 is 0. The molecule has 0 saturated carbocycles. The molecule has 0 spiro atoms. The molecule has 2 aromatic heterocycles. The fourth-order valence-electron chi connectivity index (χ4n) is 3.10. The second-order valence-corrected chi connectivity index (χ2v) is 7.23. The zero-order chi connectivity index (χ0) is 20.9. The van der Waals surface area contributed by atoms with Crippen LogP contribution >= 0.6 is 0 Å². The van der Waals surface area contributed by atoms with Crippen molar-refractivity contribution in [1.29, 1.82) is 0 Å². The maximum atomic E-state index is 13.0. The van der Waals surface area contributed by atoms with Crippen molar-refractivity contribution < 1.29 is 4.79 Å². The Kier molecular flexibility index (Phi) is 5.61. The number of aryl methyl sites for hydroxylation is 2. The Labute approximate surface area is 175 Å². The molecular weight excluding hydrogens is 372 g/mol. The van der Waals surface area contributed by atoms with E-state index in [4.69, 9.17) is 4.98 Å². The molecule has 0 saturated heterocycles. The van der Waals surface area contributed by atoms with Crippen LogP contribution in [-0.2, 0) is 6.54 Å². The lowest BCUT2D eigenvalue weighted by molar-refractivity contribution is 0.0951. The highest BCUT2D eigenvalue weighted by Crippen LogP contribution is 2.24. The molecule has 0 unspecified atom stereocenters. The first-order valence-corrected chi connectivity index (χ1v) is 9.78. The number of benzene rings is 2. The van der Waals surface area contributed by atoms with Gasteiger partial charge in [-0.3, -0.25) is 9.78 Å². The lowest BCUT2D eigenvalue weighted by atomic mass is 10.1. The van der Waals surface area contributed by atoms with Crippen molar-refractivity contribution in [2.24, 2.45) is 0 Å². The second kappa shape index (κ2) is 8.66. The molecule has 0 radical (unpaired) electrons. The Morgan fingerprint density at radius 1 is 0.833 bits per heavy atom. The molecule has 2 aromatic carbocycles. The Balaban J connectivity index is 1.66. The van der Waals surface area contributed by atoms with Crippen molar-refractivity contribution in [1.82, 2.24) is 20.3 Å². The van der Waals surface area contributed by atoms with Gasteiger partial charge >= 0.3 is 0 Å². The van der Waals surface area contributed by atoms with Crippen molar-refractivity contribution in [2.75, 3.05) is 0 Å². The van der Waals surface area contributed by atoms with E-state index in [0.29, 0.717) is 23.6 Å². The Morgan fingerprint density at radius 3 is 2.13 bits per heavy atom. The summed E-state index contributed by atoms with van der Waals surface area (Å²) in [5, 5.41) is 2.98. The number of carbonyl (C=O) groups excluding carboxylic acids is 1. The number of pyridine rings is 1. The predicted molar refractivity (Wildman–Crippen MR) is 118 cm³/mol. The van der Waals surface area contributed by atoms with E-state index in [1.165, 1.54) is 11.1 Å². The number of carbonyl (C=O) groups is 1. The molecule has 0 aliphatic rings. The van der Waals surface area contributed by atoms with Crippen molar-refractivity contribution in [2.45, 2.75) is 20.4 Å². The molecule has 1 N–H and O–H groups in total. The number of nitrogens with zero attached hydrogens (tertiary/aromatic N) is 3.